The molecule has 8 nitrogen and oxygen atoms in total. The molecule has 9 rings (SSSR count). The van der Waals surface area contributed by atoms with Gasteiger partial charge >= 0.3 is 12.2 Å². The summed E-state index contributed by atoms with van der Waals surface area (Å²) in [5, 5.41) is 0. The smallest absolute Gasteiger partial charge is 0.419 e. The SMILES string of the molecule is CCN(C(=O)OC1CN2CCC1CC2)c1ccccc1.O=C(OC1CN2CCC1CC2)N(c1ccccc1)c1ccccc1. The molecule has 232 valence electrons. The van der Waals surface area contributed by atoms with Crippen molar-refractivity contribution in [2.24, 2.45) is 11.8 Å². The van der Waals surface area contributed by atoms with E-state index in [1.54, 1.807) is 9.80 Å². The third-order valence-electron chi connectivity index (χ3n) is 9.51. The highest BCUT2D eigenvalue weighted by molar-refractivity contribution is 5.96. The lowest BCUT2D eigenvalue weighted by molar-refractivity contribution is -0.0310. The number of carbonyl (C=O) groups excluding carboxylic acids is 2. The second-order valence-corrected chi connectivity index (χ2v) is 12.2. The minimum absolute atomic E-state index is 0.00919. The predicted molar refractivity (Wildman–Crippen MR) is 173 cm³/mol. The normalized spacial score (nSPS) is 26.6. The van der Waals surface area contributed by atoms with Crippen LogP contribution in [0.5, 0.6) is 0 Å². The van der Waals surface area contributed by atoms with Crippen LogP contribution in [0.4, 0.5) is 26.7 Å². The van der Waals surface area contributed by atoms with E-state index in [0.29, 0.717) is 18.4 Å². The molecule has 3 aromatic carbocycles. The Morgan fingerprint density at radius 1 is 0.614 bits per heavy atom. The summed E-state index contributed by atoms with van der Waals surface area (Å²) in [7, 11) is 0. The summed E-state index contributed by atoms with van der Waals surface area (Å²) in [6.45, 7) is 8.98. The summed E-state index contributed by atoms with van der Waals surface area (Å²) >= 11 is 0. The van der Waals surface area contributed by atoms with Crippen molar-refractivity contribution in [3.05, 3.63) is 91.0 Å². The van der Waals surface area contributed by atoms with Crippen LogP contribution >= 0.6 is 0 Å². The maximum absolute atomic E-state index is 13.0. The van der Waals surface area contributed by atoms with Crippen molar-refractivity contribution >= 4 is 29.2 Å². The highest BCUT2D eigenvalue weighted by Crippen LogP contribution is 2.33. The van der Waals surface area contributed by atoms with Gasteiger partial charge in [-0.2, -0.15) is 0 Å². The van der Waals surface area contributed by atoms with Gasteiger partial charge in [0.1, 0.15) is 12.2 Å². The number of piperidine rings is 6. The van der Waals surface area contributed by atoms with Crippen LogP contribution in [-0.4, -0.2) is 80.0 Å². The fourth-order valence-electron chi connectivity index (χ4n) is 7.00. The molecule has 2 unspecified atom stereocenters. The first kappa shape index (κ1) is 30.2. The zero-order valence-corrected chi connectivity index (χ0v) is 25.7. The third-order valence-corrected chi connectivity index (χ3v) is 9.51. The molecule has 0 N–H and O–H groups in total. The van der Waals surface area contributed by atoms with Crippen molar-refractivity contribution in [3.63, 3.8) is 0 Å². The molecular formula is C36H44N4O4. The molecule has 0 spiro atoms. The molecule has 6 aliphatic rings. The minimum Gasteiger partial charge on any atom is -0.444 e. The number of ether oxygens (including phenoxy) is 2. The van der Waals surface area contributed by atoms with Gasteiger partial charge in [0.2, 0.25) is 0 Å². The number of benzene rings is 3. The zero-order valence-electron chi connectivity index (χ0n) is 25.7. The van der Waals surface area contributed by atoms with E-state index in [4.69, 9.17) is 9.47 Å². The fourth-order valence-corrected chi connectivity index (χ4v) is 7.00. The van der Waals surface area contributed by atoms with Gasteiger partial charge in [-0.3, -0.25) is 14.7 Å². The van der Waals surface area contributed by atoms with Crippen molar-refractivity contribution < 1.29 is 19.1 Å². The summed E-state index contributed by atoms with van der Waals surface area (Å²) in [5.41, 5.74) is 2.56. The monoisotopic (exact) mass is 596 g/mol. The van der Waals surface area contributed by atoms with Crippen LogP contribution in [0.3, 0.4) is 0 Å². The van der Waals surface area contributed by atoms with Crippen molar-refractivity contribution in [2.75, 3.05) is 55.6 Å². The van der Waals surface area contributed by atoms with E-state index < -0.39 is 0 Å². The summed E-state index contributed by atoms with van der Waals surface area (Å²) in [6, 6.07) is 29.1. The number of hydrogen-bond donors (Lipinski definition) is 0. The van der Waals surface area contributed by atoms with Crippen LogP contribution in [0.15, 0.2) is 91.0 Å². The minimum atomic E-state index is -0.286. The molecular weight excluding hydrogens is 552 g/mol. The van der Waals surface area contributed by atoms with E-state index in [9.17, 15) is 9.59 Å². The summed E-state index contributed by atoms with van der Waals surface area (Å²) < 4.78 is 11.7. The summed E-state index contributed by atoms with van der Waals surface area (Å²) in [5.74, 6) is 1.06. The van der Waals surface area contributed by atoms with Crippen LogP contribution in [0.1, 0.15) is 32.6 Å². The number of anilines is 3. The van der Waals surface area contributed by atoms with Crippen molar-refractivity contribution in [1.29, 1.82) is 0 Å². The lowest BCUT2D eigenvalue weighted by atomic mass is 9.86. The van der Waals surface area contributed by atoms with Gasteiger partial charge < -0.3 is 9.47 Å². The Hall–Kier alpha value is -3.88. The molecule has 0 aromatic heterocycles. The first-order valence-electron chi connectivity index (χ1n) is 16.2. The maximum atomic E-state index is 13.0. The highest BCUT2D eigenvalue weighted by Gasteiger charge is 2.38. The van der Waals surface area contributed by atoms with Crippen LogP contribution in [-0.2, 0) is 9.47 Å². The van der Waals surface area contributed by atoms with E-state index in [1.165, 1.54) is 0 Å². The van der Waals surface area contributed by atoms with Gasteiger partial charge in [0.05, 0.1) is 11.4 Å². The first-order valence-corrected chi connectivity index (χ1v) is 16.2. The Morgan fingerprint density at radius 3 is 1.36 bits per heavy atom. The number of nitrogens with zero attached hydrogens (tertiary/aromatic N) is 4. The Kier molecular flexibility index (Phi) is 9.78. The molecule has 6 aliphatic heterocycles. The summed E-state index contributed by atoms with van der Waals surface area (Å²) in [4.78, 5) is 33.5. The Balaban J connectivity index is 0.000000159. The molecule has 0 aliphatic carbocycles. The second kappa shape index (κ2) is 14.3. The Labute approximate surface area is 261 Å². The van der Waals surface area contributed by atoms with E-state index in [2.05, 4.69) is 9.80 Å². The lowest BCUT2D eigenvalue weighted by Gasteiger charge is -2.44. The van der Waals surface area contributed by atoms with E-state index in [-0.39, 0.29) is 24.4 Å². The van der Waals surface area contributed by atoms with Gasteiger partial charge in [0.25, 0.3) is 0 Å². The van der Waals surface area contributed by atoms with Crippen LogP contribution in [0.25, 0.3) is 0 Å². The number of rotatable bonds is 6. The van der Waals surface area contributed by atoms with Gasteiger partial charge in [-0.05, 0) is 107 Å². The van der Waals surface area contributed by atoms with E-state index in [1.807, 2.05) is 97.9 Å². The molecule has 6 saturated heterocycles. The Morgan fingerprint density at radius 2 is 1.00 bits per heavy atom. The van der Waals surface area contributed by atoms with Crippen molar-refractivity contribution in [3.8, 4) is 0 Å². The van der Waals surface area contributed by atoms with Crippen LogP contribution in [0, 0.1) is 11.8 Å². The Bertz CT molecular complexity index is 1300. The second-order valence-electron chi connectivity index (χ2n) is 12.2. The summed E-state index contributed by atoms with van der Waals surface area (Å²) in [6.07, 6.45) is 4.18. The van der Waals surface area contributed by atoms with E-state index >= 15 is 0 Å². The zero-order chi connectivity index (χ0) is 30.3. The molecule has 8 heteroatoms. The fraction of sp³-hybridized carbons (Fsp3) is 0.444. The molecule has 6 heterocycles. The number of hydrogen-bond acceptors (Lipinski definition) is 6. The molecule has 6 fully saturated rings. The van der Waals surface area contributed by atoms with E-state index in [0.717, 1.165) is 82.0 Å². The molecule has 4 bridgehead atoms. The average Bonchev–Trinajstić information content (AvgIpc) is 3.08. The van der Waals surface area contributed by atoms with Crippen molar-refractivity contribution in [1.82, 2.24) is 9.80 Å². The first-order chi connectivity index (χ1) is 21.6. The van der Waals surface area contributed by atoms with Gasteiger partial charge in [-0.1, -0.05) is 54.6 Å². The topological polar surface area (TPSA) is 65.6 Å². The van der Waals surface area contributed by atoms with Crippen LogP contribution < -0.4 is 9.80 Å². The number of amides is 2. The molecule has 44 heavy (non-hydrogen) atoms. The van der Waals surface area contributed by atoms with Gasteiger partial charge in [-0.15, -0.1) is 0 Å². The van der Waals surface area contributed by atoms with Gasteiger partial charge in [-0.25, -0.2) is 14.5 Å². The number of carbonyl (C=O) groups is 2. The van der Waals surface area contributed by atoms with Gasteiger partial charge in [0, 0.05) is 25.3 Å². The quantitative estimate of drug-likeness (QED) is 0.312. The largest absolute Gasteiger partial charge is 0.444 e. The lowest BCUT2D eigenvalue weighted by Crippen LogP contribution is -2.53. The standard InChI is InChI=1S/C20H22N2O2.C16H22N2O2/c23-20(24-19-15-21-13-11-16(19)12-14-21)22(17-7-3-1-4-8-17)18-9-5-2-6-10-18;1-2-18(14-6-4-3-5-7-14)16(19)20-15-12-17-10-8-13(15)9-11-17/h1-10,16,19H,11-15H2;3-7,13,15H,2,8-12H2,1H3. The average molecular weight is 597 g/mol. The van der Waals surface area contributed by atoms with Crippen molar-refractivity contribution in [2.45, 2.75) is 44.8 Å². The number of fused-ring (bicyclic) bond motifs is 6. The molecule has 0 saturated carbocycles. The third kappa shape index (κ3) is 7.08. The van der Waals surface area contributed by atoms with Gasteiger partial charge in [0.15, 0.2) is 0 Å². The molecule has 2 atom stereocenters. The molecule has 0 radical (unpaired) electrons. The maximum Gasteiger partial charge on any atom is 0.419 e. The van der Waals surface area contributed by atoms with Crippen LogP contribution in [0.2, 0.25) is 0 Å². The molecule has 2 amide bonds. The highest BCUT2D eigenvalue weighted by atomic mass is 16.6. The molecule has 3 aromatic rings. The number of para-hydroxylation sites is 3. The predicted octanol–water partition coefficient (Wildman–Crippen LogP) is 6.80.